The topological polar surface area (TPSA) is 52.7 Å². The van der Waals surface area contributed by atoms with Gasteiger partial charge in [-0.25, -0.2) is 4.79 Å². The lowest BCUT2D eigenvalue weighted by Gasteiger charge is -2.21. The number of urea groups is 1. The molecule has 0 aliphatic carbocycles. The smallest absolute Gasteiger partial charge is 0.317 e. The zero-order valence-electron chi connectivity index (χ0n) is 12.8. The summed E-state index contributed by atoms with van der Waals surface area (Å²) in [7, 11) is 0. The highest BCUT2D eigenvalue weighted by molar-refractivity contribution is 7.16. The molecule has 22 heavy (non-hydrogen) atoms. The molecule has 5 nitrogen and oxygen atoms in total. The maximum Gasteiger partial charge on any atom is 0.317 e. The Kier molecular flexibility index (Phi) is 6.51. The number of nitrogens with zero attached hydrogens (tertiary/aromatic N) is 2. The molecule has 1 aromatic heterocycles. The van der Waals surface area contributed by atoms with Gasteiger partial charge in [0.25, 0.3) is 0 Å². The van der Waals surface area contributed by atoms with Crippen molar-refractivity contribution in [2.45, 2.75) is 32.7 Å². The summed E-state index contributed by atoms with van der Waals surface area (Å²) in [4.78, 5) is 28.7. The van der Waals surface area contributed by atoms with Crippen molar-refractivity contribution in [1.82, 2.24) is 15.1 Å². The summed E-state index contributed by atoms with van der Waals surface area (Å²) < 4.78 is 0.725. The van der Waals surface area contributed by atoms with E-state index in [1.165, 1.54) is 11.3 Å². The first-order valence-corrected chi connectivity index (χ1v) is 8.84. The van der Waals surface area contributed by atoms with Gasteiger partial charge < -0.3 is 15.1 Å². The number of nitrogens with one attached hydrogen (secondary N) is 1. The molecular formula is C15H22ClN3O2S. The minimum Gasteiger partial charge on any atom is -0.343 e. The van der Waals surface area contributed by atoms with Gasteiger partial charge in [0.05, 0.1) is 10.9 Å². The predicted molar refractivity (Wildman–Crippen MR) is 89.2 cm³/mol. The molecule has 0 saturated carbocycles. The van der Waals surface area contributed by atoms with Crippen LogP contribution in [0.25, 0.3) is 0 Å². The molecule has 0 unspecified atom stereocenters. The molecule has 0 spiro atoms. The van der Waals surface area contributed by atoms with Gasteiger partial charge in [0.2, 0.25) is 5.91 Å². The molecular weight excluding hydrogens is 322 g/mol. The first-order chi connectivity index (χ1) is 10.6. The zero-order chi connectivity index (χ0) is 15.9. The minimum absolute atomic E-state index is 0.130. The number of hydrogen-bond acceptors (Lipinski definition) is 3. The Morgan fingerprint density at radius 2 is 2.09 bits per heavy atom. The number of amides is 3. The van der Waals surface area contributed by atoms with E-state index in [9.17, 15) is 9.59 Å². The van der Waals surface area contributed by atoms with Gasteiger partial charge in [-0.3, -0.25) is 4.79 Å². The highest BCUT2D eigenvalue weighted by atomic mass is 35.5. The average molecular weight is 344 g/mol. The summed E-state index contributed by atoms with van der Waals surface area (Å²) in [5.41, 5.74) is 0. The van der Waals surface area contributed by atoms with Crippen LogP contribution in [0.3, 0.4) is 0 Å². The fourth-order valence-electron chi connectivity index (χ4n) is 2.46. The van der Waals surface area contributed by atoms with Crippen LogP contribution >= 0.6 is 22.9 Å². The second-order valence-corrected chi connectivity index (χ2v) is 7.09. The van der Waals surface area contributed by atoms with Crippen molar-refractivity contribution in [1.29, 1.82) is 0 Å². The van der Waals surface area contributed by atoms with E-state index in [4.69, 9.17) is 11.6 Å². The maximum absolute atomic E-state index is 12.1. The molecule has 122 valence electrons. The van der Waals surface area contributed by atoms with Gasteiger partial charge in [0.15, 0.2) is 0 Å². The van der Waals surface area contributed by atoms with E-state index in [2.05, 4.69) is 5.32 Å². The van der Waals surface area contributed by atoms with Gasteiger partial charge in [-0.2, -0.15) is 0 Å². The van der Waals surface area contributed by atoms with Crippen LogP contribution in [-0.4, -0.2) is 47.9 Å². The predicted octanol–water partition coefficient (Wildman–Crippen LogP) is 2.95. The monoisotopic (exact) mass is 343 g/mol. The minimum atomic E-state index is -0.138. The third kappa shape index (κ3) is 4.88. The standard InChI is InChI=1S/C15H22ClN3O2S/c1-2-18(11-12-5-6-13(16)22-12)15(21)17-8-7-14(20)19-9-3-4-10-19/h5-6H,2-4,7-11H2,1H3,(H,17,21). The molecule has 0 atom stereocenters. The molecule has 1 N–H and O–H groups in total. The van der Waals surface area contributed by atoms with Gasteiger partial charge in [-0.05, 0) is 31.9 Å². The van der Waals surface area contributed by atoms with E-state index in [1.807, 2.05) is 24.0 Å². The molecule has 0 aromatic carbocycles. The molecule has 2 heterocycles. The van der Waals surface area contributed by atoms with E-state index < -0.39 is 0 Å². The second kappa shape index (κ2) is 8.39. The van der Waals surface area contributed by atoms with Crippen LogP contribution in [0.4, 0.5) is 4.79 Å². The van der Waals surface area contributed by atoms with Crippen molar-refractivity contribution < 1.29 is 9.59 Å². The van der Waals surface area contributed by atoms with Crippen molar-refractivity contribution in [3.8, 4) is 0 Å². The Morgan fingerprint density at radius 3 is 2.68 bits per heavy atom. The fraction of sp³-hybridized carbons (Fsp3) is 0.600. The molecule has 1 aliphatic rings. The zero-order valence-corrected chi connectivity index (χ0v) is 14.4. The summed E-state index contributed by atoms with van der Waals surface area (Å²) in [5, 5.41) is 2.83. The van der Waals surface area contributed by atoms with Crippen molar-refractivity contribution in [2.75, 3.05) is 26.2 Å². The number of carbonyl (C=O) groups is 2. The first kappa shape index (κ1) is 17.1. The largest absolute Gasteiger partial charge is 0.343 e. The summed E-state index contributed by atoms with van der Waals surface area (Å²) in [6, 6.07) is 3.63. The summed E-state index contributed by atoms with van der Waals surface area (Å²) in [6.07, 6.45) is 2.55. The number of rotatable bonds is 6. The van der Waals surface area contributed by atoms with Crippen molar-refractivity contribution >= 4 is 34.9 Å². The molecule has 3 amide bonds. The van der Waals surface area contributed by atoms with E-state index in [0.717, 1.165) is 35.1 Å². The molecule has 1 saturated heterocycles. The Hall–Kier alpha value is -1.27. The molecule has 1 aromatic rings. The summed E-state index contributed by atoms with van der Waals surface area (Å²) in [5.74, 6) is 0.130. The molecule has 1 fully saturated rings. The SMILES string of the molecule is CCN(Cc1ccc(Cl)s1)C(=O)NCCC(=O)N1CCCC1. The van der Waals surface area contributed by atoms with Crippen LogP contribution in [0.5, 0.6) is 0 Å². The average Bonchev–Trinajstić information content (AvgIpc) is 3.16. The third-order valence-corrected chi connectivity index (χ3v) is 4.93. The van der Waals surface area contributed by atoms with Crippen LogP contribution in [0.15, 0.2) is 12.1 Å². The number of thiophene rings is 1. The number of halogens is 1. The quantitative estimate of drug-likeness (QED) is 0.863. The van der Waals surface area contributed by atoms with Crippen molar-refractivity contribution in [2.24, 2.45) is 0 Å². The van der Waals surface area contributed by atoms with Gasteiger partial charge in [0.1, 0.15) is 0 Å². The fourth-order valence-corrected chi connectivity index (χ4v) is 3.57. The second-order valence-electron chi connectivity index (χ2n) is 5.29. The van der Waals surface area contributed by atoms with Crippen LogP contribution in [0, 0.1) is 0 Å². The van der Waals surface area contributed by atoms with Gasteiger partial charge in [-0.1, -0.05) is 11.6 Å². The highest BCUT2D eigenvalue weighted by Gasteiger charge is 2.18. The van der Waals surface area contributed by atoms with Crippen molar-refractivity contribution in [3.05, 3.63) is 21.3 Å². The van der Waals surface area contributed by atoms with E-state index in [1.54, 1.807) is 4.90 Å². The molecule has 0 bridgehead atoms. The lowest BCUT2D eigenvalue weighted by Crippen LogP contribution is -2.41. The Morgan fingerprint density at radius 1 is 1.36 bits per heavy atom. The van der Waals surface area contributed by atoms with Crippen LogP contribution < -0.4 is 5.32 Å². The number of carbonyl (C=O) groups excluding carboxylic acids is 2. The van der Waals surface area contributed by atoms with Gasteiger partial charge in [-0.15, -0.1) is 11.3 Å². The summed E-state index contributed by atoms with van der Waals surface area (Å²) in [6.45, 7) is 5.18. The Bertz CT molecular complexity index is 515. The van der Waals surface area contributed by atoms with Gasteiger partial charge >= 0.3 is 6.03 Å². The van der Waals surface area contributed by atoms with Crippen molar-refractivity contribution in [3.63, 3.8) is 0 Å². The van der Waals surface area contributed by atoms with E-state index in [0.29, 0.717) is 26.1 Å². The van der Waals surface area contributed by atoms with E-state index in [-0.39, 0.29) is 11.9 Å². The maximum atomic E-state index is 12.1. The van der Waals surface area contributed by atoms with Crippen LogP contribution in [-0.2, 0) is 11.3 Å². The van der Waals surface area contributed by atoms with E-state index >= 15 is 0 Å². The summed E-state index contributed by atoms with van der Waals surface area (Å²) >= 11 is 7.38. The lowest BCUT2D eigenvalue weighted by atomic mass is 10.3. The normalized spacial score (nSPS) is 14.2. The molecule has 7 heteroatoms. The number of likely N-dealkylation sites (tertiary alicyclic amines) is 1. The number of hydrogen-bond donors (Lipinski definition) is 1. The van der Waals surface area contributed by atoms with Crippen LogP contribution in [0.1, 0.15) is 31.1 Å². The van der Waals surface area contributed by atoms with Crippen LogP contribution in [0.2, 0.25) is 4.34 Å². The Balaban J connectivity index is 1.73. The highest BCUT2D eigenvalue weighted by Crippen LogP contribution is 2.22. The first-order valence-electron chi connectivity index (χ1n) is 7.65. The van der Waals surface area contributed by atoms with Gasteiger partial charge in [0, 0.05) is 37.5 Å². The molecule has 1 aliphatic heterocycles. The lowest BCUT2D eigenvalue weighted by molar-refractivity contribution is -0.129. The Labute approximate surface area is 140 Å². The molecule has 0 radical (unpaired) electrons. The molecule has 2 rings (SSSR count). The third-order valence-electron chi connectivity index (χ3n) is 3.72.